The maximum absolute atomic E-state index is 12.7. The Morgan fingerprint density at radius 1 is 1.09 bits per heavy atom. The molecular formula is C27H36N4OS. The number of pyridine rings is 1. The largest absolute Gasteiger partial charge is 0.384 e. The molecular weight excluding hydrogens is 428 g/mol. The van der Waals surface area contributed by atoms with E-state index >= 15 is 0 Å². The van der Waals surface area contributed by atoms with Crippen molar-refractivity contribution < 1.29 is 4.79 Å². The van der Waals surface area contributed by atoms with Crippen molar-refractivity contribution in [2.45, 2.75) is 46.5 Å². The Labute approximate surface area is 201 Å². The molecule has 0 bridgehead atoms. The van der Waals surface area contributed by atoms with Crippen molar-refractivity contribution >= 4 is 33.1 Å². The molecule has 3 heterocycles. The zero-order valence-electron chi connectivity index (χ0n) is 20.2. The number of benzene rings is 1. The van der Waals surface area contributed by atoms with Crippen LogP contribution in [0.1, 0.15) is 55.5 Å². The molecule has 1 saturated heterocycles. The molecule has 0 radical (unpaired) electrons. The first kappa shape index (κ1) is 23.7. The Hall–Kier alpha value is -2.44. The number of hydrogen-bond acceptors (Lipinski definition) is 5. The van der Waals surface area contributed by atoms with E-state index < -0.39 is 0 Å². The van der Waals surface area contributed by atoms with Crippen LogP contribution in [0.15, 0.2) is 35.7 Å². The predicted octanol–water partition coefficient (Wildman–Crippen LogP) is 6.04. The lowest BCUT2D eigenvalue weighted by atomic mass is 10.0. The topological polar surface area (TPSA) is 48.5 Å². The van der Waals surface area contributed by atoms with Crippen molar-refractivity contribution in [3.05, 3.63) is 46.8 Å². The van der Waals surface area contributed by atoms with Crippen LogP contribution in [-0.2, 0) is 0 Å². The van der Waals surface area contributed by atoms with E-state index in [1.54, 1.807) is 11.3 Å². The molecule has 0 spiro atoms. The molecule has 6 heteroatoms. The highest BCUT2D eigenvalue weighted by atomic mass is 32.1. The number of aromatic nitrogens is 1. The predicted molar refractivity (Wildman–Crippen MR) is 140 cm³/mol. The van der Waals surface area contributed by atoms with Crippen LogP contribution in [-0.4, -0.2) is 60.0 Å². The molecule has 1 aliphatic heterocycles. The van der Waals surface area contributed by atoms with Gasteiger partial charge in [-0.1, -0.05) is 18.6 Å². The standard InChI is InChI=1S/C27H36N4OS/c1-4-31(5-2)27(32)22-12-10-21(11-13-22)24-20(3)25(26-23(29-24)14-19-33-26)28-15-9-18-30-16-7-6-8-17-30/h10-14,19H,4-9,15-18H2,1-3H3,(H,28,29). The third-order valence-electron chi connectivity index (χ3n) is 6.69. The van der Waals surface area contributed by atoms with Crippen molar-refractivity contribution in [3.8, 4) is 11.3 Å². The van der Waals surface area contributed by atoms with Gasteiger partial charge in [-0.25, -0.2) is 4.98 Å². The van der Waals surface area contributed by atoms with Crippen molar-refractivity contribution in [3.63, 3.8) is 0 Å². The average molecular weight is 465 g/mol. The third-order valence-corrected chi connectivity index (χ3v) is 7.61. The number of hydrogen-bond donors (Lipinski definition) is 1. The second kappa shape index (κ2) is 11.1. The fourth-order valence-corrected chi connectivity index (χ4v) is 5.64. The van der Waals surface area contributed by atoms with Gasteiger partial charge in [0.05, 0.1) is 21.6 Å². The van der Waals surface area contributed by atoms with E-state index in [9.17, 15) is 4.79 Å². The molecule has 4 rings (SSSR count). The summed E-state index contributed by atoms with van der Waals surface area (Å²) in [6, 6.07) is 10.0. The monoisotopic (exact) mass is 464 g/mol. The van der Waals surface area contributed by atoms with E-state index in [1.807, 2.05) is 43.0 Å². The lowest BCUT2D eigenvalue weighted by molar-refractivity contribution is 0.0773. The number of likely N-dealkylation sites (tertiary alicyclic amines) is 1. The Morgan fingerprint density at radius 3 is 2.52 bits per heavy atom. The highest BCUT2D eigenvalue weighted by Gasteiger charge is 2.17. The molecule has 3 aromatic rings. The smallest absolute Gasteiger partial charge is 0.253 e. The minimum atomic E-state index is 0.0839. The van der Waals surface area contributed by atoms with Crippen LogP contribution < -0.4 is 5.32 Å². The minimum absolute atomic E-state index is 0.0839. The molecule has 33 heavy (non-hydrogen) atoms. The Bertz CT molecular complexity index is 1070. The second-order valence-electron chi connectivity index (χ2n) is 8.83. The first-order valence-electron chi connectivity index (χ1n) is 12.4. The fraction of sp³-hybridized carbons (Fsp3) is 0.481. The molecule has 0 aliphatic carbocycles. The summed E-state index contributed by atoms with van der Waals surface area (Å²) in [5.74, 6) is 0.0839. The van der Waals surface area contributed by atoms with Crippen LogP contribution in [0.4, 0.5) is 5.69 Å². The molecule has 0 unspecified atom stereocenters. The van der Waals surface area contributed by atoms with Crippen LogP contribution in [0.2, 0.25) is 0 Å². The number of anilines is 1. The second-order valence-corrected chi connectivity index (χ2v) is 9.75. The molecule has 0 atom stereocenters. The van der Waals surface area contributed by atoms with E-state index in [4.69, 9.17) is 4.98 Å². The normalized spacial score (nSPS) is 14.5. The van der Waals surface area contributed by atoms with E-state index in [2.05, 4.69) is 28.6 Å². The number of nitrogens with zero attached hydrogens (tertiary/aromatic N) is 3. The number of amides is 1. The molecule has 1 amide bonds. The zero-order chi connectivity index (χ0) is 23.2. The number of thiophene rings is 1. The maximum atomic E-state index is 12.7. The summed E-state index contributed by atoms with van der Waals surface area (Å²) in [4.78, 5) is 22.1. The van der Waals surface area contributed by atoms with E-state index in [1.165, 1.54) is 54.8 Å². The number of carbonyl (C=O) groups is 1. The lowest BCUT2D eigenvalue weighted by Gasteiger charge is -2.26. The fourth-order valence-electron chi connectivity index (χ4n) is 4.73. The molecule has 1 N–H and O–H groups in total. The quantitative estimate of drug-likeness (QED) is 0.392. The van der Waals surface area contributed by atoms with Gasteiger partial charge < -0.3 is 15.1 Å². The SMILES string of the molecule is CCN(CC)C(=O)c1ccc(-c2nc3ccsc3c(NCCCN3CCCCC3)c2C)cc1. The number of rotatable bonds is 9. The van der Waals surface area contributed by atoms with Gasteiger partial charge in [0.15, 0.2) is 0 Å². The van der Waals surface area contributed by atoms with Gasteiger partial charge in [-0.15, -0.1) is 11.3 Å². The van der Waals surface area contributed by atoms with Crippen LogP contribution in [0.25, 0.3) is 21.5 Å². The number of nitrogens with one attached hydrogen (secondary N) is 1. The maximum Gasteiger partial charge on any atom is 0.253 e. The summed E-state index contributed by atoms with van der Waals surface area (Å²) >= 11 is 1.75. The van der Waals surface area contributed by atoms with Gasteiger partial charge in [-0.2, -0.15) is 0 Å². The number of carbonyl (C=O) groups excluding carboxylic acids is 1. The van der Waals surface area contributed by atoms with Crippen LogP contribution >= 0.6 is 11.3 Å². The van der Waals surface area contributed by atoms with Crippen molar-refractivity contribution in [2.75, 3.05) is 44.6 Å². The highest BCUT2D eigenvalue weighted by Crippen LogP contribution is 2.36. The summed E-state index contributed by atoms with van der Waals surface area (Å²) < 4.78 is 1.22. The van der Waals surface area contributed by atoms with Crippen molar-refractivity contribution in [1.82, 2.24) is 14.8 Å². The molecule has 0 saturated carbocycles. The summed E-state index contributed by atoms with van der Waals surface area (Å²) in [5.41, 5.74) is 6.17. The molecule has 2 aromatic heterocycles. The van der Waals surface area contributed by atoms with Gasteiger partial charge in [0.1, 0.15) is 0 Å². The van der Waals surface area contributed by atoms with Gasteiger partial charge in [0, 0.05) is 30.8 Å². The van der Waals surface area contributed by atoms with Gasteiger partial charge in [0.2, 0.25) is 0 Å². The highest BCUT2D eigenvalue weighted by molar-refractivity contribution is 7.17. The molecule has 1 fully saturated rings. The Balaban J connectivity index is 1.52. The van der Waals surface area contributed by atoms with Crippen LogP contribution in [0, 0.1) is 6.92 Å². The van der Waals surface area contributed by atoms with Crippen LogP contribution in [0.5, 0.6) is 0 Å². The van der Waals surface area contributed by atoms with Crippen molar-refractivity contribution in [1.29, 1.82) is 0 Å². The number of fused-ring (bicyclic) bond motifs is 1. The summed E-state index contributed by atoms with van der Waals surface area (Å²) in [5, 5.41) is 5.85. The summed E-state index contributed by atoms with van der Waals surface area (Å²) in [6.07, 6.45) is 5.21. The first-order chi connectivity index (χ1) is 16.1. The van der Waals surface area contributed by atoms with E-state index in [0.717, 1.165) is 48.4 Å². The summed E-state index contributed by atoms with van der Waals surface area (Å²) in [6.45, 7) is 12.3. The van der Waals surface area contributed by atoms with Gasteiger partial charge >= 0.3 is 0 Å². The van der Waals surface area contributed by atoms with Gasteiger partial charge in [-0.3, -0.25) is 4.79 Å². The van der Waals surface area contributed by atoms with E-state index in [-0.39, 0.29) is 5.91 Å². The Kier molecular flexibility index (Phi) is 7.99. The van der Waals surface area contributed by atoms with Crippen molar-refractivity contribution in [2.24, 2.45) is 0 Å². The first-order valence-corrected chi connectivity index (χ1v) is 13.2. The molecule has 5 nitrogen and oxygen atoms in total. The molecule has 176 valence electrons. The Morgan fingerprint density at radius 2 is 1.82 bits per heavy atom. The summed E-state index contributed by atoms with van der Waals surface area (Å²) in [7, 11) is 0. The van der Waals surface area contributed by atoms with Crippen LogP contribution in [0.3, 0.4) is 0 Å². The number of piperidine rings is 1. The zero-order valence-corrected chi connectivity index (χ0v) is 21.0. The molecule has 1 aliphatic rings. The molecule has 1 aromatic carbocycles. The average Bonchev–Trinajstić information content (AvgIpc) is 3.32. The van der Waals surface area contributed by atoms with Gasteiger partial charge in [0.25, 0.3) is 5.91 Å². The minimum Gasteiger partial charge on any atom is -0.384 e. The lowest BCUT2D eigenvalue weighted by Crippen LogP contribution is -2.31. The third kappa shape index (κ3) is 5.39. The van der Waals surface area contributed by atoms with Gasteiger partial charge in [-0.05, 0) is 88.8 Å². The van der Waals surface area contributed by atoms with E-state index in [0.29, 0.717) is 0 Å².